The molecule has 0 aliphatic carbocycles. The summed E-state index contributed by atoms with van der Waals surface area (Å²) in [7, 11) is 0. The van der Waals surface area contributed by atoms with Crippen LogP contribution in [-0.4, -0.2) is 47.1 Å². The predicted octanol–water partition coefficient (Wildman–Crippen LogP) is 0.437. The Balaban J connectivity index is 1.78. The summed E-state index contributed by atoms with van der Waals surface area (Å²) in [5, 5.41) is 0. The van der Waals surface area contributed by atoms with Gasteiger partial charge in [-0.15, -0.1) is 0 Å². The normalized spacial score (nSPS) is 24.7. The van der Waals surface area contributed by atoms with E-state index >= 15 is 0 Å². The molecule has 3 heterocycles. The largest absolute Gasteiger partial charge is 0.355 e. The van der Waals surface area contributed by atoms with E-state index in [1.807, 2.05) is 6.07 Å². The van der Waals surface area contributed by atoms with Crippen LogP contribution in [0.4, 0.5) is 11.8 Å². The molecule has 2 fully saturated rings. The van der Waals surface area contributed by atoms with Gasteiger partial charge in [0, 0.05) is 31.9 Å². The van der Waals surface area contributed by atoms with Crippen LogP contribution >= 0.6 is 0 Å². The number of hydrogen-bond acceptors (Lipinski definition) is 6. The van der Waals surface area contributed by atoms with Gasteiger partial charge in [-0.05, 0) is 31.9 Å². The molecule has 1 aromatic heterocycles. The molecular formula is C12H20N6. The Morgan fingerprint density at radius 1 is 1.28 bits per heavy atom. The van der Waals surface area contributed by atoms with Crippen LogP contribution in [0.5, 0.6) is 0 Å². The number of hydrogen-bond donors (Lipinski definition) is 2. The van der Waals surface area contributed by atoms with Crippen molar-refractivity contribution >= 4 is 11.8 Å². The number of nitrogens with zero attached hydrogens (tertiary/aromatic N) is 4. The van der Waals surface area contributed by atoms with Gasteiger partial charge in [-0.3, -0.25) is 10.3 Å². The Hall–Kier alpha value is -1.40. The number of anilines is 2. The van der Waals surface area contributed by atoms with E-state index in [-0.39, 0.29) is 0 Å². The quantitative estimate of drug-likeness (QED) is 0.584. The highest BCUT2D eigenvalue weighted by molar-refractivity contribution is 5.42. The van der Waals surface area contributed by atoms with Gasteiger partial charge in [0.05, 0.1) is 0 Å². The minimum Gasteiger partial charge on any atom is -0.355 e. The first-order valence-electron chi connectivity index (χ1n) is 6.65. The molecule has 6 nitrogen and oxygen atoms in total. The first-order valence-corrected chi connectivity index (χ1v) is 6.65. The van der Waals surface area contributed by atoms with E-state index in [4.69, 9.17) is 5.84 Å². The molecule has 0 aromatic carbocycles. The number of aromatic nitrogens is 2. The average Bonchev–Trinajstić information content (AvgIpc) is 2.76. The first kappa shape index (κ1) is 11.7. The number of rotatable bonds is 2. The van der Waals surface area contributed by atoms with Gasteiger partial charge < -0.3 is 4.90 Å². The van der Waals surface area contributed by atoms with Crippen molar-refractivity contribution in [3.63, 3.8) is 0 Å². The van der Waals surface area contributed by atoms with Crippen molar-refractivity contribution in [1.29, 1.82) is 0 Å². The van der Waals surface area contributed by atoms with Gasteiger partial charge in [-0.25, -0.2) is 10.8 Å². The van der Waals surface area contributed by atoms with Gasteiger partial charge in [0.25, 0.3) is 0 Å². The highest BCUT2D eigenvalue weighted by Gasteiger charge is 2.29. The van der Waals surface area contributed by atoms with Crippen LogP contribution in [0.1, 0.15) is 19.3 Å². The van der Waals surface area contributed by atoms with Crippen molar-refractivity contribution in [1.82, 2.24) is 14.9 Å². The minimum absolute atomic E-state index is 0.486. The zero-order chi connectivity index (χ0) is 12.4. The Labute approximate surface area is 107 Å². The van der Waals surface area contributed by atoms with E-state index in [0.717, 1.165) is 18.9 Å². The second kappa shape index (κ2) is 5.07. The van der Waals surface area contributed by atoms with Gasteiger partial charge >= 0.3 is 0 Å². The average molecular weight is 248 g/mol. The molecule has 2 saturated heterocycles. The summed E-state index contributed by atoms with van der Waals surface area (Å²) < 4.78 is 0. The Kier molecular flexibility index (Phi) is 3.29. The second-order valence-corrected chi connectivity index (χ2v) is 5.01. The molecule has 2 aliphatic rings. The molecule has 3 N–H and O–H groups in total. The van der Waals surface area contributed by atoms with E-state index in [0.29, 0.717) is 12.0 Å². The second-order valence-electron chi connectivity index (χ2n) is 5.01. The molecule has 0 spiro atoms. The summed E-state index contributed by atoms with van der Waals surface area (Å²) in [6.45, 7) is 4.61. The lowest BCUT2D eigenvalue weighted by atomic mass is 10.2. The van der Waals surface area contributed by atoms with E-state index in [9.17, 15) is 0 Å². The maximum absolute atomic E-state index is 5.36. The van der Waals surface area contributed by atoms with Crippen LogP contribution < -0.4 is 16.2 Å². The molecular weight excluding hydrogens is 228 g/mol. The molecule has 0 bridgehead atoms. The van der Waals surface area contributed by atoms with Crippen molar-refractivity contribution in [2.24, 2.45) is 5.84 Å². The number of fused-ring (bicyclic) bond motifs is 1. The fraction of sp³-hybridized carbons (Fsp3) is 0.667. The predicted molar refractivity (Wildman–Crippen MR) is 71.3 cm³/mol. The van der Waals surface area contributed by atoms with Crippen molar-refractivity contribution in [2.75, 3.05) is 36.5 Å². The van der Waals surface area contributed by atoms with Gasteiger partial charge in [0.1, 0.15) is 5.82 Å². The maximum atomic E-state index is 5.36. The number of nitrogens with one attached hydrogen (secondary N) is 1. The topological polar surface area (TPSA) is 70.3 Å². The van der Waals surface area contributed by atoms with Crippen LogP contribution in [0, 0.1) is 0 Å². The fourth-order valence-electron chi connectivity index (χ4n) is 3.01. The Morgan fingerprint density at radius 2 is 2.17 bits per heavy atom. The lowest BCUT2D eigenvalue weighted by Crippen LogP contribution is -2.37. The summed E-state index contributed by atoms with van der Waals surface area (Å²) in [6.07, 6.45) is 5.60. The standard InChI is InChI=1S/C12H20N6/c13-16-12-14-5-4-11(15-12)18-8-2-7-17-6-1-3-10(17)9-18/h4-5,10H,1-3,6-9,13H2,(H,14,15,16). The Morgan fingerprint density at radius 3 is 3.06 bits per heavy atom. The SMILES string of the molecule is NNc1nccc(N2CCCN3CCCC3C2)n1. The lowest BCUT2D eigenvalue weighted by Gasteiger charge is -2.26. The molecule has 0 saturated carbocycles. The number of nitrogen functional groups attached to an aromatic ring is 1. The van der Waals surface area contributed by atoms with Gasteiger partial charge in [-0.2, -0.15) is 4.98 Å². The zero-order valence-corrected chi connectivity index (χ0v) is 10.5. The number of nitrogens with two attached hydrogens (primary N) is 1. The van der Waals surface area contributed by atoms with Crippen LogP contribution in [-0.2, 0) is 0 Å². The van der Waals surface area contributed by atoms with Crippen LogP contribution in [0.2, 0.25) is 0 Å². The third-order valence-corrected chi connectivity index (χ3v) is 3.90. The van der Waals surface area contributed by atoms with Crippen molar-refractivity contribution in [3.05, 3.63) is 12.3 Å². The molecule has 98 valence electrons. The molecule has 6 heteroatoms. The van der Waals surface area contributed by atoms with Gasteiger partial charge in [-0.1, -0.05) is 0 Å². The van der Waals surface area contributed by atoms with E-state index in [1.165, 1.54) is 32.4 Å². The van der Waals surface area contributed by atoms with E-state index in [2.05, 4.69) is 25.2 Å². The van der Waals surface area contributed by atoms with E-state index < -0.39 is 0 Å². The van der Waals surface area contributed by atoms with Crippen LogP contribution in [0.3, 0.4) is 0 Å². The zero-order valence-electron chi connectivity index (χ0n) is 10.5. The van der Waals surface area contributed by atoms with Crippen molar-refractivity contribution in [2.45, 2.75) is 25.3 Å². The molecule has 1 unspecified atom stereocenters. The molecule has 3 rings (SSSR count). The summed E-state index contributed by atoms with van der Waals surface area (Å²) in [4.78, 5) is 13.5. The summed E-state index contributed by atoms with van der Waals surface area (Å²) >= 11 is 0. The molecule has 1 atom stereocenters. The molecule has 0 amide bonds. The van der Waals surface area contributed by atoms with Crippen molar-refractivity contribution < 1.29 is 0 Å². The summed E-state index contributed by atoms with van der Waals surface area (Å²) in [6, 6.07) is 2.66. The molecule has 1 aromatic rings. The van der Waals surface area contributed by atoms with Crippen molar-refractivity contribution in [3.8, 4) is 0 Å². The lowest BCUT2D eigenvalue weighted by molar-refractivity contribution is 0.273. The van der Waals surface area contributed by atoms with Crippen LogP contribution in [0.15, 0.2) is 12.3 Å². The summed E-state index contributed by atoms with van der Waals surface area (Å²) in [5.41, 5.74) is 2.51. The third kappa shape index (κ3) is 2.26. The minimum atomic E-state index is 0.486. The molecule has 2 aliphatic heterocycles. The number of hydrazine groups is 1. The molecule has 18 heavy (non-hydrogen) atoms. The van der Waals surface area contributed by atoms with Gasteiger partial charge in [0.2, 0.25) is 5.95 Å². The highest BCUT2D eigenvalue weighted by atomic mass is 15.3. The first-order chi connectivity index (χ1) is 8.86. The highest BCUT2D eigenvalue weighted by Crippen LogP contribution is 2.24. The van der Waals surface area contributed by atoms with E-state index in [1.54, 1.807) is 6.20 Å². The van der Waals surface area contributed by atoms with Crippen LogP contribution in [0.25, 0.3) is 0 Å². The third-order valence-electron chi connectivity index (χ3n) is 3.90. The summed E-state index contributed by atoms with van der Waals surface area (Å²) in [5.74, 6) is 6.83. The van der Waals surface area contributed by atoms with Gasteiger partial charge in [0.15, 0.2) is 0 Å². The Bertz CT molecular complexity index is 409. The molecule has 0 radical (unpaired) electrons. The smallest absolute Gasteiger partial charge is 0.239 e. The fourth-order valence-corrected chi connectivity index (χ4v) is 3.01. The monoisotopic (exact) mass is 248 g/mol. The maximum Gasteiger partial charge on any atom is 0.239 e.